The van der Waals surface area contributed by atoms with Gasteiger partial charge in [-0.3, -0.25) is 9.79 Å². The molecule has 0 aromatic heterocycles. The van der Waals surface area contributed by atoms with Crippen LogP contribution in [0.4, 0.5) is 0 Å². The third-order valence-electron chi connectivity index (χ3n) is 5.47. The highest BCUT2D eigenvalue weighted by molar-refractivity contribution is 5.76. The number of rotatable bonds is 15. The van der Waals surface area contributed by atoms with E-state index in [2.05, 4.69) is 37.9 Å². The molecule has 0 aromatic carbocycles. The molecule has 5 nitrogen and oxygen atoms in total. The third-order valence-corrected chi connectivity index (χ3v) is 5.47. The Morgan fingerprint density at radius 1 is 1.10 bits per heavy atom. The zero-order chi connectivity index (χ0) is 23.1. The number of hydrogen-bond acceptors (Lipinski definition) is 4. The number of unbranched alkanes of at least 4 members (excludes halogenated alkanes) is 4. The van der Waals surface area contributed by atoms with Gasteiger partial charge in [0.2, 0.25) is 0 Å². The zero-order valence-electron chi connectivity index (χ0n) is 20.0. The van der Waals surface area contributed by atoms with Gasteiger partial charge < -0.3 is 14.6 Å². The predicted octanol–water partition coefficient (Wildman–Crippen LogP) is 6.28. The van der Waals surface area contributed by atoms with E-state index >= 15 is 0 Å². The molecule has 5 heteroatoms. The van der Waals surface area contributed by atoms with E-state index < -0.39 is 11.4 Å². The summed E-state index contributed by atoms with van der Waals surface area (Å²) in [4.78, 5) is 15.7. The highest BCUT2D eigenvalue weighted by atomic mass is 16.5. The fourth-order valence-electron chi connectivity index (χ4n) is 3.29. The standard InChI is InChI=1S/C26H41NO4/c1-6-23(22(5)15-17-27-21(3)4)13-14-24(7-2)31-18-12-10-8-9-11-16-26(25(28)29)19-30-20-26/h6-7,13-15,17,21H,8-12,16,18-20H2,1-5H3,(H,28,29)/b14-13-,22-15+,23-6+,24-7+,27-17-. The maximum absolute atomic E-state index is 11.3. The number of aliphatic carboxylic acids is 1. The van der Waals surface area contributed by atoms with Crippen LogP contribution in [-0.2, 0) is 14.3 Å². The van der Waals surface area contributed by atoms with Gasteiger partial charge >= 0.3 is 5.97 Å². The first-order valence-electron chi connectivity index (χ1n) is 11.5. The van der Waals surface area contributed by atoms with E-state index in [-0.39, 0.29) is 0 Å². The Hall–Kier alpha value is -2.14. The summed E-state index contributed by atoms with van der Waals surface area (Å²) in [6.07, 6.45) is 18.0. The Morgan fingerprint density at radius 2 is 1.77 bits per heavy atom. The second-order valence-electron chi connectivity index (χ2n) is 8.45. The topological polar surface area (TPSA) is 68.1 Å². The minimum absolute atomic E-state index is 0.301. The van der Waals surface area contributed by atoms with Crippen molar-refractivity contribution < 1.29 is 19.4 Å². The number of carboxylic acids is 1. The number of nitrogens with zero attached hydrogens (tertiary/aromatic N) is 1. The summed E-state index contributed by atoms with van der Waals surface area (Å²) in [5, 5.41) is 9.29. The highest BCUT2D eigenvalue weighted by Gasteiger charge is 2.45. The Morgan fingerprint density at radius 3 is 2.32 bits per heavy atom. The van der Waals surface area contributed by atoms with Crippen molar-refractivity contribution in [1.29, 1.82) is 0 Å². The summed E-state index contributed by atoms with van der Waals surface area (Å²) in [5.41, 5.74) is 1.70. The molecule has 0 aliphatic carbocycles. The highest BCUT2D eigenvalue weighted by Crippen LogP contribution is 2.33. The molecule has 0 bridgehead atoms. The van der Waals surface area contributed by atoms with Crippen molar-refractivity contribution in [1.82, 2.24) is 0 Å². The minimum atomic E-state index is -0.713. The van der Waals surface area contributed by atoms with Gasteiger partial charge in [0.1, 0.15) is 11.2 Å². The first-order valence-corrected chi connectivity index (χ1v) is 11.5. The van der Waals surface area contributed by atoms with Crippen LogP contribution >= 0.6 is 0 Å². The first kappa shape index (κ1) is 26.9. The first-order chi connectivity index (χ1) is 14.8. The van der Waals surface area contributed by atoms with Crippen LogP contribution in [0.15, 0.2) is 52.3 Å². The second-order valence-corrected chi connectivity index (χ2v) is 8.45. The van der Waals surface area contributed by atoms with Gasteiger partial charge in [0, 0.05) is 12.3 Å². The average molecular weight is 432 g/mol. The summed E-state index contributed by atoms with van der Waals surface area (Å²) < 4.78 is 11.0. The minimum Gasteiger partial charge on any atom is -0.494 e. The van der Waals surface area contributed by atoms with Crippen LogP contribution in [-0.4, -0.2) is 43.2 Å². The molecule has 31 heavy (non-hydrogen) atoms. The van der Waals surface area contributed by atoms with E-state index in [1.165, 1.54) is 0 Å². The van der Waals surface area contributed by atoms with Crippen molar-refractivity contribution in [3.63, 3.8) is 0 Å². The van der Waals surface area contributed by atoms with E-state index in [4.69, 9.17) is 9.47 Å². The van der Waals surface area contributed by atoms with Crippen LogP contribution in [0.3, 0.4) is 0 Å². The van der Waals surface area contributed by atoms with Crippen molar-refractivity contribution in [2.75, 3.05) is 19.8 Å². The van der Waals surface area contributed by atoms with Crippen molar-refractivity contribution in [3.8, 4) is 0 Å². The smallest absolute Gasteiger partial charge is 0.314 e. The molecule has 1 rings (SSSR count). The molecule has 1 N–H and O–H groups in total. The number of allylic oxidation sites excluding steroid dienone is 7. The van der Waals surface area contributed by atoms with Gasteiger partial charge in [0.25, 0.3) is 0 Å². The maximum atomic E-state index is 11.3. The molecule has 0 unspecified atom stereocenters. The van der Waals surface area contributed by atoms with Crippen molar-refractivity contribution in [2.45, 2.75) is 79.2 Å². The summed E-state index contributed by atoms with van der Waals surface area (Å²) in [5.74, 6) is 0.158. The van der Waals surface area contributed by atoms with Crippen LogP contribution < -0.4 is 0 Å². The van der Waals surface area contributed by atoms with Crippen molar-refractivity contribution in [3.05, 3.63) is 47.3 Å². The van der Waals surface area contributed by atoms with Crippen LogP contribution in [0.25, 0.3) is 0 Å². The van der Waals surface area contributed by atoms with Gasteiger partial charge in [-0.15, -0.1) is 0 Å². The lowest BCUT2D eigenvalue weighted by molar-refractivity contribution is -0.181. The zero-order valence-corrected chi connectivity index (χ0v) is 20.0. The fraction of sp³-hybridized carbons (Fsp3) is 0.615. The van der Waals surface area contributed by atoms with E-state index in [9.17, 15) is 9.90 Å². The molecular weight excluding hydrogens is 390 g/mol. The monoisotopic (exact) mass is 431 g/mol. The van der Waals surface area contributed by atoms with Crippen LogP contribution in [0.5, 0.6) is 0 Å². The van der Waals surface area contributed by atoms with Gasteiger partial charge in [0.15, 0.2) is 0 Å². The lowest BCUT2D eigenvalue weighted by Crippen LogP contribution is -2.48. The summed E-state index contributed by atoms with van der Waals surface area (Å²) in [6.45, 7) is 11.6. The Balaban J connectivity index is 2.27. The normalized spacial score (nSPS) is 17.5. The number of carboxylic acid groups (broad SMARTS) is 1. The quantitative estimate of drug-likeness (QED) is 0.143. The van der Waals surface area contributed by atoms with E-state index in [0.29, 0.717) is 25.9 Å². The van der Waals surface area contributed by atoms with Crippen LogP contribution in [0, 0.1) is 5.41 Å². The molecule has 174 valence electrons. The molecule has 1 fully saturated rings. The molecule has 0 amide bonds. The summed E-state index contributed by atoms with van der Waals surface area (Å²) in [7, 11) is 0. The van der Waals surface area contributed by atoms with Gasteiger partial charge in [0.05, 0.1) is 19.8 Å². The number of ether oxygens (including phenoxy) is 2. The maximum Gasteiger partial charge on any atom is 0.314 e. The largest absolute Gasteiger partial charge is 0.494 e. The van der Waals surface area contributed by atoms with E-state index in [1.54, 1.807) is 0 Å². The van der Waals surface area contributed by atoms with Crippen LogP contribution in [0.1, 0.15) is 73.1 Å². The molecule has 1 saturated heterocycles. The lowest BCUT2D eigenvalue weighted by atomic mass is 9.81. The average Bonchev–Trinajstić information content (AvgIpc) is 2.69. The molecular formula is C26H41NO4. The molecule has 0 atom stereocenters. The number of carbonyl (C=O) groups is 1. The van der Waals surface area contributed by atoms with Crippen molar-refractivity contribution >= 4 is 12.2 Å². The molecule has 1 aliphatic rings. The third kappa shape index (κ3) is 10.1. The summed E-state index contributed by atoms with van der Waals surface area (Å²) >= 11 is 0. The number of aliphatic imine (C=N–C) groups is 1. The molecule has 1 heterocycles. The molecule has 1 aliphatic heterocycles. The van der Waals surface area contributed by atoms with Crippen molar-refractivity contribution in [2.24, 2.45) is 10.4 Å². The SMILES string of the molecule is C\C=C(/C=C\C(=C/C)C(\C)=C\C=N/C(C)C)OCCCCCCCC1(C(=O)O)COC1. The molecule has 0 saturated carbocycles. The fourth-order valence-corrected chi connectivity index (χ4v) is 3.29. The Labute approximate surface area is 188 Å². The van der Waals surface area contributed by atoms with E-state index in [0.717, 1.165) is 55.4 Å². The molecule has 0 aromatic rings. The Bertz CT molecular complexity index is 694. The van der Waals surface area contributed by atoms with Gasteiger partial charge in [-0.1, -0.05) is 37.8 Å². The second kappa shape index (κ2) is 14.8. The molecule has 0 spiro atoms. The van der Waals surface area contributed by atoms with Crippen LogP contribution in [0.2, 0.25) is 0 Å². The van der Waals surface area contributed by atoms with Gasteiger partial charge in [-0.25, -0.2) is 0 Å². The molecule has 0 radical (unpaired) electrons. The van der Waals surface area contributed by atoms with Gasteiger partial charge in [-0.2, -0.15) is 0 Å². The predicted molar refractivity (Wildman–Crippen MR) is 129 cm³/mol. The number of hydrogen-bond donors (Lipinski definition) is 1. The van der Waals surface area contributed by atoms with Gasteiger partial charge in [-0.05, 0) is 76.8 Å². The Kier molecular flexibility index (Phi) is 12.8. The lowest BCUT2D eigenvalue weighted by Gasteiger charge is -2.37. The summed E-state index contributed by atoms with van der Waals surface area (Å²) in [6, 6.07) is 0.301. The van der Waals surface area contributed by atoms with E-state index in [1.807, 2.05) is 38.3 Å².